The molecule has 0 unspecified atom stereocenters. The van der Waals surface area contributed by atoms with Crippen molar-refractivity contribution < 1.29 is 4.74 Å². The molecule has 2 aromatic rings. The highest BCUT2D eigenvalue weighted by molar-refractivity contribution is 5.68. The van der Waals surface area contributed by atoms with Gasteiger partial charge in [0, 0.05) is 45.5 Å². The van der Waals surface area contributed by atoms with E-state index < -0.39 is 0 Å². The molecule has 2 heterocycles. The molecule has 1 N–H and O–H groups in total. The van der Waals surface area contributed by atoms with E-state index in [-0.39, 0.29) is 0 Å². The van der Waals surface area contributed by atoms with E-state index >= 15 is 0 Å². The Morgan fingerprint density at radius 2 is 1.81 bits per heavy atom. The second-order valence-electron chi connectivity index (χ2n) is 8.05. The number of hydrogen-bond acceptors (Lipinski definition) is 5. The van der Waals surface area contributed by atoms with Crippen LogP contribution in [0.15, 0.2) is 72.7 Å². The zero-order valence-corrected chi connectivity index (χ0v) is 18.8. The highest BCUT2D eigenvalue weighted by atomic mass is 16.5. The summed E-state index contributed by atoms with van der Waals surface area (Å²) in [6, 6.07) is 17.2. The molecule has 2 aromatic carbocycles. The Labute approximate surface area is 186 Å². The number of nitrogens with zero attached hydrogens (tertiary/aromatic N) is 3. The van der Waals surface area contributed by atoms with Gasteiger partial charge in [0.25, 0.3) is 0 Å². The molecule has 5 heteroatoms. The Morgan fingerprint density at radius 1 is 0.968 bits per heavy atom. The molecular formula is C26H34N4O. The third-order valence-corrected chi connectivity index (χ3v) is 5.86. The summed E-state index contributed by atoms with van der Waals surface area (Å²) in [7, 11) is 0. The number of benzene rings is 2. The number of allylic oxidation sites excluding steroid dienone is 2. The minimum Gasteiger partial charge on any atom is -0.494 e. The van der Waals surface area contributed by atoms with Gasteiger partial charge in [0.2, 0.25) is 0 Å². The largest absolute Gasteiger partial charge is 0.494 e. The van der Waals surface area contributed by atoms with Crippen LogP contribution in [0.2, 0.25) is 0 Å². The Morgan fingerprint density at radius 3 is 2.61 bits per heavy atom. The van der Waals surface area contributed by atoms with Crippen molar-refractivity contribution in [2.75, 3.05) is 39.3 Å². The van der Waals surface area contributed by atoms with Crippen LogP contribution >= 0.6 is 0 Å². The molecule has 0 spiro atoms. The molecule has 0 saturated carbocycles. The summed E-state index contributed by atoms with van der Waals surface area (Å²) < 4.78 is 5.72. The predicted octanol–water partition coefficient (Wildman–Crippen LogP) is 4.46. The van der Waals surface area contributed by atoms with Gasteiger partial charge in [0.15, 0.2) is 0 Å². The fourth-order valence-electron chi connectivity index (χ4n) is 4.34. The number of hydrogen-bond donors (Lipinski definition) is 1. The van der Waals surface area contributed by atoms with Crippen LogP contribution in [0, 0.1) is 0 Å². The molecule has 0 aromatic heterocycles. The van der Waals surface area contributed by atoms with Gasteiger partial charge in [-0.25, -0.2) is 0 Å². The molecule has 0 aliphatic carbocycles. The highest BCUT2D eigenvalue weighted by Crippen LogP contribution is 2.28. The minimum absolute atomic E-state index is 0.687. The van der Waals surface area contributed by atoms with Gasteiger partial charge in [-0.3, -0.25) is 9.91 Å². The van der Waals surface area contributed by atoms with Crippen molar-refractivity contribution in [2.45, 2.75) is 26.8 Å². The van der Waals surface area contributed by atoms with E-state index in [9.17, 15) is 0 Å². The predicted molar refractivity (Wildman–Crippen MR) is 127 cm³/mol. The summed E-state index contributed by atoms with van der Waals surface area (Å²) in [4.78, 5) is 5.07. The lowest BCUT2D eigenvalue weighted by molar-refractivity contribution is 0.104. The van der Waals surface area contributed by atoms with E-state index in [1.807, 2.05) is 19.2 Å². The summed E-state index contributed by atoms with van der Waals surface area (Å²) >= 11 is 0. The second-order valence-corrected chi connectivity index (χ2v) is 8.05. The van der Waals surface area contributed by atoms with Gasteiger partial charge < -0.3 is 15.1 Å². The quantitative estimate of drug-likeness (QED) is 0.684. The maximum atomic E-state index is 5.72. The highest BCUT2D eigenvalue weighted by Gasteiger charge is 2.23. The van der Waals surface area contributed by atoms with Crippen molar-refractivity contribution in [3.05, 3.63) is 78.3 Å². The van der Waals surface area contributed by atoms with Gasteiger partial charge in [0.1, 0.15) is 11.6 Å². The van der Waals surface area contributed by atoms with Crippen LogP contribution < -0.4 is 10.2 Å². The fraction of sp³-hybridized carbons (Fsp3) is 0.385. The summed E-state index contributed by atoms with van der Waals surface area (Å²) in [5, 5.41) is 2.26. The Bertz CT molecular complexity index is 915. The molecule has 5 nitrogen and oxygen atoms in total. The van der Waals surface area contributed by atoms with Crippen molar-refractivity contribution in [3.8, 4) is 16.9 Å². The van der Waals surface area contributed by atoms with E-state index in [1.165, 1.54) is 22.5 Å². The average molecular weight is 419 g/mol. The molecule has 4 rings (SSSR count). The molecule has 0 amide bonds. The number of rotatable bonds is 8. The molecule has 0 bridgehead atoms. The first-order valence-corrected chi connectivity index (χ1v) is 11.5. The summed E-state index contributed by atoms with van der Waals surface area (Å²) in [6.07, 6.45) is 7.45. The molecule has 2 aliphatic rings. The minimum atomic E-state index is 0.687. The first-order chi connectivity index (χ1) is 15.3. The van der Waals surface area contributed by atoms with Crippen LogP contribution in [-0.4, -0.2) is 54.1 Å². The second kappa shape index (κ2) is 10.4. The maximum absolute atomic E-state index is 5.72. The fourth-order valence-corrected chi connectivity index (χ4v) is 4.34. The molecule has 1 saturated heterocycles. The third-order valence-electron chi connectivity index (χ3n) is 5.86. The van der Waals surface area contributed by atoms with Gasteiger partial charge in [-0.2, -0.15) is 0 Å². The van der Waals surface area contributed by atoms with Crippen molar-refractivity contribution in [3.63, 3.8) is 0 Å². The standard InChI is InChI=1S/C26H34N4O/c1-3-15-30-26(13-8-14-27-30)29-18-16-28(17-19-29)21-23-9-5-6-12-25(23)22-10-7-11-24(20-22)31-4-2/h5-14,20,27H,3-4,15-19,21H2,1-2H3. The van der Waals surface area contributed by atoms with Crippen molar-refractivity contribution in [1.82, 2.24) is 20.2 Å². The topological polar surface area (TPSA) is 31.0 Å². The molecule has 2 aliphatic heterocycles. The van der Waals surface area contributed by atoms with Crippen LogP contribution in [0.5, 0.6) is 5.75 Å². The van der Waals surface area contributed by atoms with Crippen LogP contribution in [-0.2, 0) is 6.54 Å². The van der Waals surface area contributed by atoms with Gasteiger partial charge in [0.05, 0.1) is 6.61 Å². The number of nitrogens with one attached hydrogen (secondary N) is 1. The maximum Gasteiger partial charge on any atom is 0.123 e. The van der Waals surface area contributed by atoms with Crippen LogP contribution in [0.3, 0.4) is 0 Å². The SMILES string of the molecule is CCCN1NC=CC=C1N1CCN(Cc2ccccc2-c2cccc(OCC)c2)CC1. The number of piperazine rings is 1. The van der Waals surface area contributed by atoms with Crippen molar-refractivity contribution in [2.24, 2.45) is 0 Å². The molecule has 1 fully saturated rings. The summed E-state index contributed by atoms with van der Waals surface area (Å²) in [6.45, 7) is 11.1. The average Bonchev–Trinajstić information content (AvgIpc) is 2.81. The van der Waals surface area contributed by atoms with Gasteiger partial charge in [-0.1, -0.05) is 43.3 Å². The lowest BCUT2D eigenvalue weighted by atomic mass is 9.99. The Kier molecular flexibility index (Phi) is 7.15. The number of hydrazine groups is 1. The first-order valence-electron chi connectivity index (χ1n) is 11.5. The molecule has 164 valence electrons. The van der Waals surface area contributed by atoms with E-state index in [0.717, 1.165) is 51.4 Å². The zero-order chi connectivity index (χ0) is 21.5. The number of ether oxygens (including phenoxy) is 1. The molecular weight excluding hydrogens is 384 g/mol. The van der Waals surface area contributed by atoms with Gasteiger partial charge >= 0.3 is 0 Å². The molecule has 0 radical (unpaired) electrons. The van der Waals surface area contributed by atoms with Crippen LogP contribution in [0.4, 0.5) is 0 Å². The van der Waals surface area contributed by atoms with E-state index in [2.05, 4.69) is 81.8 Å². The first kappa shape index (κ1) is 21.3. The summed E-state index contributed by atoms with van der Waals surface area (Å²) in [5.74, 6) is 2.22. The smallest absolute Gasteiger partial charge is 0.123 e. The lowest BCUT2D eigenvalue weighted by Crippen LogP contribution is -2.51. The third kappa shape index (κ3) is 5.23. The van der Waals surface area contributed by atoms with E-state index in [0.29, 0.717) is 6.61 Å². The van der Waals surface area contributed by atoms with Gasteiger partial charge in [-0.15, -0.1) is 0 Å². The van der Waals surface area contributed by atoms with Crippen LogP contribution in [0.1, 0.15) is 25.8 Å². The zero-order valence-electron chi connectivity index (χ0n) is 18.8. The van der Waals surface area contributed by atoms with Crippen LogP contribution in [0.25, 0.3) is 11.1 Å². The molecule has 0 atom stereocenters. The lowest BCUT2D eigenvalue weighted by Gasteiger charge is -2.42. The normalized spacial score (nSPS) is 16.8. The van der Waals surface area contributed by atoms with Crippen molar-refractivity contribution in [1.29, 1.82) is 0 Å². The monoisotopic (exact) mass is 418 g/mol. The van der Waals surface area contributed by atoms with E-state index in [4.69, 9.17) is 4.74 Å². The Balaban J connectivity index is 1.42. The Hall–Kier alpha value is -2.92. The van der Waals surface area contributed by atoms with Gasteiger partial charge in [-0.05, 0) is 54.3 Å². The molecule has 31 heavy (non-hydrogen) atoms. The van der Waals surface area contributed by atoms with Crippen molar-refractivity contribution >= 4 is 0 Å². The van der Waals surface area contributed by atoms with E-state index in [1.54, 1.807) is 0 Å². The summed E-state index contributed by atoms with van der Waals surface area (Å²) in [5.41, 5.74) is 7.27.